The first-order valence-electron chi connectivity index (χ1n) is 11.5. The van der Waals surface area contributed by atoms with Gasteiger partial charge in [0, 0.05) is 53.1 Å². The standard InChI is InChI=1S/C24H24N3O10P/c1-4-16-13-19(25(28)29)7-10-22(16)35-38(34,36-23-11-8-20(26(30)31)14-17(23)5-2)37-24-12-9-21(27(32)33)15-18(24)6-3/h7-15H,4-6H2,1-3H3. The van der Waals surface area contributed by atoms with Crippen LogP contribution in [0.3, 0.4) is 0 Å². The van der Waals surface area contributed by atoms with E-state index in [0.717, 1.165) is 0 Å². The molecule has 3 aromatic carbocycles. The Morgan fingerprint density at radius 3 is 1.05 bits per heavy atom. The van der Waals surface area contributed by atoms with Crippen molar-refractivity contribution in [1.29, 1.82) is 0 Å². The van der Waals surface area contributed by atoms with Crippen molar-refractivity contribution in [3.8, 4) is 17.2 Å². The van der Waals surface area contributed by atoms with Gasteiger partial charge >= 0.3 is 7.82 Å². The summed E-state index contributed by atoms with van der Waals surface area (Å²) in [4.78, 5) is 31.9. The van der Waals surface area contributed by atoms with Gasteiger partial charge in [-0.25, -0.2) is 0 Å². The van der Waals surface area contributed by atoms with Gasteiger partial charge in [0.05, 0.1) is 14.8 Å². The fourth-order valence-electron chi connectivity index (χ4n) is 3.55. The van der Waals surface area contributed by atoms with Crippen LogP contribution in [0.1, 0.15) is 37.5 Å². The van der Waals surface area contributed by atoms with E-state index in [2.05, 4.69) is 0 Å². The van der Waals surface area contributed by atoms with E-state index >= 15 is 0 Å². The highest BCUT2D eigenvalue weighted by atomic mass is 31.2. The van der Waals surface area contributed by atoms with Crippen LogP contribution >= 0.6 is 7.82 Å². The van der Waals surface area contributed by atoms with Crippen LogP contribution in [0.2, 0.25) is 0 Å². The van der Waals surface area contributed by atoms with Crippen molar-refractivity contribution in [1.82, 2.24) is 0 Å². The third kappa shape index (κ3) is 6.43. The van der Waals surface area contributed by atoms with Gasteiger partial charge in [-0.05, 0) is 37.5 Å². The van der Waals surface area contributed by atoms with E-state index in [1.807, 2.05) is 0 Å². The molecule has 0 fully saturated rings. The predicted octanol–water partition coefficient (Wildman–Crippen LogP) is 6.74. The molecule has 0 spiro atoms. The number of non-ortho nitro benzene ring substituents is 3. The van der Waals surface area contributed by atoms with E-state index in [-0.39, 0.29) is 53.6 Å². The molecule has 13 nitrogen and oxygen atoms in total. The van der Waals surface area contributed by atoms with Crippen LogP contribution in [0.4, 0.5) is 17.1 Å². The van der Waals surface area contributed by atoms with E-state index in [1.165, 1.54) is 54.6 Å². The predicted molar refractivity (Wildman–Crippen MR) is 137 cm³/mol. The monoisotopic (exact) mass is 545 g/mol. The zero-order valence-electron chi connectivity index (χ0n) is 20.7. The van der Waals surface area contributed by atoms with Gasteiger partial charge in [-0.15, -0.1) is 0 Å². The minimum atomic E-state index is -4.63. The van der Waals surface area contributed by atoms with Crippen LogP contribution < -0.4 is 13.6 Å². The van der Waals surface area contributed by atoms with Gasteiger partial charge in [0.1, 0.15) is 17.2 Å². The Labute approximate surface area is 217 Å². The summed E-state index contributed by atoms with van der Waals surface area (Å²) in [6.45, 7) is 5.15. The molecule has 0 unspecified atom stereocenters. The number of nitrogens with zero attached hydrogens (tertiary/aromatic N) is 3. The molecule has 0 N–H and O–H groups in total. The number of hydrogen-bond acceptors (Lipinski definition) is 10. The van der Waals surface area contributed by atoms with Crippen molar-refractivity contribution in [2.45, 2.75) is 40.0 Å². The molecule has 14 heteroatoms. The summed E-state index contributed by atoms with van der Waals surface area (Å²) in [5.74, 6) is 0.00376. The van der Waals surface area contributed by atoms with E-state index in [1.54, 1.807) is 20.8 Å². The normalized spacial score (nSPS) is 11.0. The highest BCUT2D eigenvalue weighted by molar-refractivity contribution is 7.49. The summed E-state index contributed by atoms with van der Waals surface area (Å²) in [5, 5.41) is 33.6. The van der Waals surface area contributed by atoms with Gasteiger partial charge in [0.15, 0.2) is 0 Å². The smallest absolute Gasteiger partial charge is 0.386 e. The Balaban J connectivity index is 2.11. The van der Waals surface area contributed by atoms with Gasteiger partial charge in [-0.3, -0.25) is 30.3 Å². The summed E-state index contributed by atoms with van der Waals surface area (Å²) >= 11 is 0. The van der Waals surface area contributed by atoms with E-state index in [0.29, 0.717) is 16.7 Å². The molecular formula is C24H24N3O10P. The van der Waals surface area contributed by atoms with Gasteiger partial charge in [0.25, 0.3) is 17.1 Å². The Morgan fingerprint density at radius 2 is 0.842 bits per heavy atom. The highest BCUT2D eigenvalue weighted by Gasteiger charge is 2.36. The lowest BCUT2D eigenvalue weighted by atomic mass is 10.1. The summed E-state index contributed by atoms with van der Waals surface area (Å²) < 4.78 is 31.3. The first kappa shape index (κ1) is 28.1. The highest BCUT2D eigenvalue weighted by Crippen LogP contribution is 2.52. The Morgan fingerprint density at radius 1 is 0.579 bits per heavy atom. The fourth-order valence-corrected chi connectivity index (χ4v) is 4.92. The number of hydrogen-bond donors (Lipinski definition) is 0. The van der Waals surface area contributed by atoms with Gasteiger partial charge in [-0.1, -0.05) is 20.8 Å². The molecular weight excluding hydrogens is 521 g/mol. The number of phosphoric ester groups is 1. The van der Waals surface area contributed by atoms with Crippen LogP contribution in [0.5, 0.6) is 17.2 Å². The lowest BCUT2D eigenvalue weighted by Crippen LogP contribution is -2.11. The number of rotatable bonds is 12. The summed E-state index contributed by atoms with van der Waals surface area (Å²) in [5.41, 5.74) is 0.468. The molecule has 0 aliphatic heterocycles. The topological polar surface area (TPSA) is 174 Å². The largest absolute Gasteiger partial charge is 0.647 e. The maximum Gasteiger partial charge on any atom is 0.647 e. The average Bonchev–Trinajstić information content (AvgIpc) is 2.88. The molecule has 0 aliphatic rings. The zero-order valence-corrected chi connectivity index (χ0v) is 21.6. The molecule has 0 aromatic heterocycles. The minimum Gasteiger partial charge on any atom is -0.386 e. The second-order valence-corrected chi connectivity index (χ2v) is 9.37. The molecule has 3 aromatic rings. The number of aryl methyl sites for hydroxylation is 3. The Bertz CT molecular complexity index is 1270. The van der Waals surface area contributed by atoms with E-state index in [9.17, 15) is 34.9 Å². The summed E-state index contributed by atoms with van der Waals surface area (Å²) in [6, 6.07) is 11.1. The van der Waals surface area contributed by atoms with Crippen molar-refractivity contribution in [2.75, 3.05) is 0 Å². The average molecular weight is 545 g/mol. The van der Waals surface area contributed by atoms with E-state index < -0.39 is 22.6 Å². The number of nitro benzene ring substituents is 3. The van der Waals surface area contributed by atoms with Crippen LogP contribution in [-0.4, -0.2) is 14.8 Å². The lowest BCUT2D eigenvalue weighted by molar-refractivity contribution is -0.385. The first-order valence-corrected chi connectivity index (χ1v) is 13.0. The third-order valence-electron chi connectivity index (χ3n) is 5.54. The minimum absolute atomic E-state index is 0.00125. The van der Waals surface area contributed by atoms with E-state index in [4.69, 9.17) is 13.6 Å². The van der Waals surface area contributed by atoms with Gasteiger partial charge in [0.2, 0.25) is 0 Å². The van der Waals surface area contributed by atoms with Crippen molar-refractivity contribution in [3.05, 3.63) is 102 Å². The molecule has 0 radical (unpaired) electrons. The molecule has 0 saturated carbocycles. The lowest BCUT2D eigenvalue weighted by Gasteiger charge is -2.22. The second-order valence-electron chi connectivity index (χ2n) is 7.93. The van der Waals surface area contributed by atoms with Crippen molar-refractivity contribution >= 4 is 24.9 Å². The maximum atomic E-state index is 14.1. The van der Waals surface area contributed by atoms with Crippen molar-refractivity contribution in [3.63, 3.8) is 0 Å². The quantitative estimate of drug-likeness (QED) is 0.135. The van der Waals surface area contributed by atoms with Crippen LogP contribution in [0.25, 0.3) is 0 Å². The molecule has 200 valence electrons. The molecule has 0 amide bonds. The molecule has 38 heavy (non-hydrogen) atoms. The first-order chi connectivity index (χ1) is 18.0. The number of nitro groups is 3. The number of benzene rings is 3. The molecule has 0 aliphatic carbocycles. The summed E-state index contributed by atoms with van der Waals surface area (Å²) in [7, 11) is -4.63. The van der Waals surface area contributed by atoms with Crippen molar-refractivity contribution < 1.29 is 32.9 Å². The van der Waals surface area contributed by atoms with Gasteiger partial charge < -0.3 is 13.6 Å². The molecule has 0 bridgehead atoms. The maximum absolute atomic E-state index is 14.1. The second kappa shape index (κ2) is 11.7. The zero-order chi connectivity index (χ0) is 28.0. The van der Waals surface area contributed by atoms with Crippen LogP contribution in [-0.2, 0) is 23.8 Å². The molecule has 0 atom stereocenters. The molecule has 0 heterocycles. The fraction of sp³-hybridized carbons (Fsp3) is 0.250. The van der Waals surface area contributed by atoms with Crippen LogP contribution in [0, 0.1) is 30.3 Å². The van der Waals surface area contributed by atoms with Crippen LogP contribution in [0.15, 0.2) is 54.6 Å². The summed E-state index contributed by atoms with van der Waals surface area (Å²) in [6.07, 6.45) is 0.853. The molecule has 3 rings (SSSR count). The van der Waals surface area contributed by atoms with Crippen molar-refractivity contribution in [2.24, 2.45) is 0 Å². The Hall–Kier alpha value is -4.51. The third-order valence-corrected chi connectivity index (χ3v) is 6.80. The molecule has 0 saturated heterocycles. The SMILES string of the molecule is CCc1cc([N+](=O)[O-])ccc1OP(=O)(Oc1ccc([N+](=O)[O-])cc1CC)Oc1ccc([N+](=O)[O-])cc1CC. The Kier molecular flexibility index (Phi) is 8.64. The number of phosphoric acid groups is 1. The van der Waals surface area contributed by atoms with Gasteiger partial charge in [-0.2, -0.15) is 4.57 Å².